The zero-order valence-corrected chi connectivity index (χ0v) is 10.9. The van der Waals surface area contributed by atoms with Gasteiger partial charge in [0.15, 0.2) is 0 Å². The van der Waals surface area contributed by atoms with Crippen molar-refractivity contribution in [3.05, 3.63) is 35.4 Å². The third-order valence-electron chi connectivity index (χ3n) is 3.80. The molecule has 3 heteroatoms. The smallest absolute Gasteiger partial charge is 0.320 e. The third kappa shape index (κ3) is 3.10. The fourth-order valence-corrected chi connectivity index (χ4v) is 2.74. The Morgan fingerprint density at radius 3 is 2.94 bits per heavy atom. The standard InChI is InChI=1S/C15H21NO2/c1-12-6-2-3-7-13(12)8-4-10-16-11-5-9-14(16)15(17)18/h2-3,6-7,14H,4-5,8-11H2,1H3,(H,17,18)/t14-/m0/s1. The lowest BCUT2D eigenvalue weighted by Gasteiger charge is -2.20. The number of hydrogen-bond acceptors (Lipinski definition) is 2. The van der Waals surface area contributed by atoms with Crippen LogP contribution in [0.2, 0.25) is 0 Å². The van der Waals surface area contributed by atoms with Gasteiger partial charge >= 0.3 is 5.97 Å². The quantitative estimate of drug-likeness (QED) is 0.869. The van der Waals surface area contributed by atoms with E-state index < -0.39 is 5.97 Å². The summed E-state index contributed by atoms with van der Waals surface area (Å²) in [6.07, 6.45) is 3.89. The van der Waals surface area contributed by atoms with Crippen LogP contribution in [0, 0.1) is 6.92 Å². The Morgan fingerprint density at radius 2 is 2.22 bits per heavy atom. The summed E-state index contributed by atoms with van der Waals surface area (Å²) < 4.78 is 0. The van der Waals surface area contributed by atoms with Crippen LogP contribution in [0.3, 0.4) is 0 Å². The monoisotopic (exact) mass is 247 g/mol. The summed E-state index contributed by atoms with van der Waals surface area (Å²) in [6, 6.07) is 8.17. The number of aryl methyl sites for hydroxylation is 2. The van der Waals surface area contributed by atoms with Gasteiger partial charge in [0.2, 0.25) is 0 Å². The highest BCUT2D eigenvalue weighted by molar-refractivity contribution is 5.73. The van der Waals surface area contributed by atoms with Crippen molar-refractivity contribution in [2.75, 3.05) is 13.1 Å². The lowest BCUT2D eigenvalue weighted by molar-refractivity contribution is -0.142. The summed E-state index contributed by atoms with van der Waals surface area (Å²) in [5.41, 5.74) is 2.71. The second-order valence-electron chi connectivity index (χ2n) is 5.06. The first-order valence-corrected chi connectivity index (χ1v) is 6.70. The molecule has 1 aliphatic rings. The predicted molar refractivity (Wildman–Crippen MR) is 71.7 cm³/mol. The second-order valence-corrected chi connectivity index (χ2v) is 5.06. The van der Waals surface area contributed by atoms with Crippen LogP contribution in [0.4, 0.5) is 0 Å². The van der Waals surface area contributed by atoms with E-state index in [1.165, 1.54) is 11.1 Å². The SMILES string of the molecule is Cc1ccccc1CCCN1CCC[C@H]1C(=O)O. The van der Waals surface area contributed by atoms with Crippen molar-refractivity contribution in [1.29, 1.82) is 0 Å². The van der Waals surface area contributed by atoms with Gasteiger partial charge in [-0.1, -0.05) is 24.3 Å². The van der Waals surface area contributed by atoms with Crippen molar-refractivity contribution in [3.63, 3.8) is 0 Å². The molecule has 1 heterocycles. The van der Waals surface area contributed by atoms with Crippen molar-refractivity contribution in [3.8, 4) is 0 Å². The van der Waals surface area contributed by atoms with Crippen LogP contribution in [0.25, 0.3) is 0 Å². The van der Waals surface area contributed by atoms with Crippen molar-refractivity contribution < 1.29 is 9.90 Å². The zero-order chi connectivity index (χ0) is 13.0. The van der Waals surface area contributed by atoms with E-state index >= 15 is 0 Å². The zero-order valence-electron chi connectivity index (χ0n) is 10.9. The number of hydrogen-bond donors (Lipinski definition) is 1. The van der Waals surface area contributed by atoms with Crippen LogP contribution in [0.15, 0.2) is 24.3 Å². The Morgan fingerprint density at radius 1 is 1.44 bits per heavy atom. The van der Waals surface area contributed by atoms with E-state index in [1.807, 2.05) is 0 Å². The largest absolute Gasteiger partial charge is 0.480 e. The van der Waals surface area contributed by atoms with Gasteiger partial charge in [0.05, 0.1) is 0 Å². The van der Waals surface area contributed by atoms with Gasteiger partial charge in [-0.05, 0) is 56.8 Å². The number of carboxylic acid groups (broad SMARTS) is 1. The van der Waals surface area contributed by atoms with Gasteiger partial charge in [0.1, 0.15) is 6.04 Å². The molecule has 1 N–H and O–H groups in total. The summed E-state index contributed by atoms with van der Waals surface area (Å²) in [6.45, 7) is 3.96. The molecule has 0 saturated carbocycles. The molecular weight excluding hydrogens is 226 g/mol. The van der Waals surface area contributed by atoms with Gasteiger partial charge in [-0.2, -0.15) is 0 Å². The van der Waals surface area contributed by atoms with Gasteiger partial charge in [0.25, 0.3) is 0 Å². The Balaban J connectivity index is 1.82. The molecule has 0 amide bonds. The molecule has 0 aliphatic carbocycles. The molecule has 0 aromatic heterocycles. The molecule has 1 aliphatic heterocycles. The molecule has 2 rings (SSSR count). The van der Waals surface area contributed by atoms with Gasteiger partial charge in [-0.15, -0.1) is 0 Å². The summed E-state index contributed by atoms with van der Waals surface area (Å²) in [7, 11) is 0. The normalized spacial score (nSPS) is 20.2. The highest BCUT2D eigenvalue weighted by Gasteiger charge is 2.29. The predicted octanol–water partition coefficient (Wildman–Crippen LogP) is 2.48. The van der Waals surface area contributed by atoms with Crippen molar-refractivity contribution >= 4 is 5.97 Å². The van der Waals surface area contributed by atoms with Crippen LogP contribution in [-0.4, -0.2) is 35.1 Å². The Labute approximate surface area is 108 Å². The van der Waals surface area contributed by atoms with Crippen molar-refractivity contribution in [2.24, 2.45) is 0 Å². The highest BCUT2D eigenvalue weighted by atomic mass is 16.4. The van der Waals surface area contributed by atoms with E-state index in [0.717, 1.165) is 38.8 Å². The van der Waals surface area contributed by atoms with Gasteiger partial charge in [-0.3, -0.25) is 9.69 Å². The first-order chi connectivity index (χ1) is 8.68. The van der Waals surface area contributed by atoms with Gasteiger partial charge in [-0.25, -0.2) is 0 Å². The fourth-order valence-electron chi connectivity index (χ4n) is 2.74. The highest BCUT2D eigenvalue weighted by Crippen LogP contribution is 2.18. The number of benzene rings is 1. The topological polar surface area (TPSA) is 40.5 Å². The molecule has 1 aromatic carbocycles. The van der Waals surface area contributed by atoms with Crippen LogP contribution >= 0.6 is 0 Å². The summed E-state index contributed by atoms with van der Waals surface area (Å²) in [4.78, 5) is 13.2. The van der Waals surface area contributed by atoms with E-state index in [1.54, 1.807) is 0 Å². The molecule has 1 saturated heterocycles. The average Bonchev–Trinajstić information content (AvgIpc) is 2.80. The van der Waals surface area contributed by atoms with E-state index in [-0.39, 0.29) is 6.04 Å². The Bertz CT molecular complexity index is 417. The fraction of sp³-hybridized carbons (Fsp3) is 0.533. The maximum atomic E-state index is 11.1. The number of likely N-dealkylation sites (tertiary alicyclic amines) is 1. The third-order valence-corrected chi connectivity index (χ3v) is 3.80. The molecule has 0 unspecified atom stereocenters. The van der Waals surface area contributed by atoms with Crippen LogP contribution in [0.5, 0.6) is 0 Å². The molecule has 1 fully saturated rings. The Kier molecular flexibility index (Phi) is 4.37. The summed E-state index contributed by atoms with van der Waals surface area (Å²) >= 11 is 0. The van der Waals surface area contributed by atoms with Crippen molar-refractivity contribution in [2.45, 2.75) is 38.6 Å². The molecule has 1 aromatic rings. The number of carbonyl (C=O) groups is 1. The Hall–Kier alpha value is -1.35. The van der Waals surface area contributed by atoms with E-state index in [2.05, 4.69) is 36.1 Å². The maximum Gasteiger partial charge on any atom is 0.320 e. The van der Waals surface area contributed by atoms with Crippen molar-refractivity contribution in [1.82, 2.24) is 4.90 Å². The minimum atomic E-state index is -0.664. The number of carboxylic acids is 1. The minimum Gasteiger partial charge on any atom is -0.480 e. The number of nitrogens with zero attached hydrogens (tertiary/aromatic N) is 1. The molecule has 0 spiro atoms. The molecule has 0 radical (unpaired) electrons. The molecule has 3 nitrogen and oxygen atoms in total. The number of rotatable bonds is 5. The van der Waals surface area contributed by atoms with Crippen LogP contribution < -0.4 is 0 Å². The van der Waals surface area contributed by atoms with Gasteiger partial charge < -0.3 is 5.11 Å². The maximum absolute atomic E-state index is 11.1. The molecule has 0 bridgehead atoms. The first kappa shape index (κ1) is 13.1. The van der Waals surface area contributed by atoms with Crippen LogP contribution in [-0.2, 0) is 11.2 Å². The summed E-state index contributed by atoms with van der Waals surface area (Å²) in [5, 5.41) is 9.10. The lowest BCUT2D eigenvalue weighted by atomic mass is 10.0. The van der Waals surface area contributed by atoms with E-state index in [0.29, 0.717) is 0 Å². The first-order valence-electron chi connectivity index (χ1n) is 6.70. The van der Waals surface area contributed by atoms with E-state index in [9.17, 15) is 4.79 Å². The molecule has 98 valence electrons. The van der Waals surface area contributed by atoms with Crippen LogP contribution in [0.1, 0.15) is 30.4 Å². The molecular formula is C15H21NO2. The van der Waals surface area contributed by atoms with E-state index in [4.69, 9.17) is 5.11 Å². The summed E-state index contributed by atoms with van der Waals surface area (Å²) in [5.74, 6) is -0.664. The van der Waals surface area contributed by atoms with Gasteiger partial charge in [0, 0.05) is 0 Å². The minimum absolute atomic E-state index is 0.248. The number of aliphatic carboxylic acids is 1. The second kappa shape index (κ2) is 6.01. The molecule has 18 heavy (non-hydrogen) atoms. The average molecular weight is 247 g/mol. The lowest BCUT2D eigenvalue weighted by Crippen LogP contribution is -2.36. The molecule has 1 atom stereocenters.